The lowest BCUT2D eigenvalue weighted by Crippen LogP contribution is -2.25. The van der Waals surface area contributed by atoms with Crippen molar-refractivity contribution >= 4 is 55.6 Å². The molecule has 1 aliphatic heterocycles. The molecule has 1 aliphatic rings. The van der Waals surface area contributed by atoms with Crippen LogP contribution in [0.3, 0.4) is 0 Å². The van der Waals surface area contributed by atoms with Gasteiger partial charge in [0.2, 0.25) is 5.95 Å². The normalized spacial score (nSPS) is 12.5. The van der Waals surface area contributed by atoms with E-state index in [-0.39, 0.29) is 5.41 Å². The van der Waals surface area contributed by atoms with E-state index in [1.165, 1.54) is 50.0 Å². The molecular weight excluding hydrogens is 935 g/mol. The van der Waals surface area contributed by atoms with Gasteiger partial charge in [-0.3, -0.25) is 9.13 Å². The van der Waals surface area contributed by atoms with Gasteiger partial charge in [0.25, 0.3) is 0 Å². The summed E-state index contributed by atoms with van der Waals surface area (Å²) in [6.45, 7) is 7.43. The molecule has 0 atom stereocenters. The largest absolute Gasteiger partial charge is 0.321 e. The molecule has 14 rings (SSSR count). The van der Waals surface area contributed by atoms with Crippen molar-refractivity contribution in [2.24, 2.45) is 0 Å². The molecule has 0 aliphatic carbocycles. The van der Waals surface area contributed by atoms with Crippen LogP contribution in [0.25, 0.3) is 100 Å². The maximum Gasteiger partial charge on any atom is 0.220 e. The maximum atomic E-state index is 5.87. The Kier molecular flexibility index (Phi) is 11.1. The number of rotatable bonds is 9. The van der Waals surface area contributed by atoms with Crippen LogP contribution in [-0.2, 0) is 5.41 Å². The van der Waals surface area contributed by atoms with E-state index in [4.69, 9.17) is 4.98 Å². The molecule has 0 radical (unpaired) electrons. The number of nitrogens with zero attached hydrogens (tertiary/aromatic N) is 5. The first-order chi connectivity index (χ1) is 37.9. The Morgan fingerprint density at radius 3 is 1.58 bits per heavy atom. The molecule has 0 spiro atoms. The highest BCUT2D eigenvalue weighted by Crippen LogP contribution is 2.52. The van der Waals surface area contributed by atoms with E-state index in [9.17, 15) is 0 Å². The molecule has 11 aromatic carbocycles. The fourth-order valence-electron chi connectivity index (χ4n) is 11.8. The first-order valence-corrected chi connectivity index (χ1v) is 26.6. The molecule has 0 saturated heterocycles. The van der Waals surface area contributed by atoms with E-state index >= 15 is 0 Å². The first kappa shape index (κ1) is 45.9. The number of hydrogen-bond donors (Lipinski definition) is 0. The van der Waals surface area contributed by atoms with Gasteiger partial charge in [-0.2, -0.15) is 0 Å². The Morgan fingerprint density at radius 1 is 0.338 bits per heavy atom. The zero-order valence-corrected chi connectivity index (χ0v) is 43.3. The molecule has 5 heteroatoms. The van der Waals surface area contributed by atoms with E-state index in [1.807, 2.05) is 0 Å². The lowest BCUT2D eigenvalue weighted by Gasteiger charge is -2.27. The van der Waals surface area contributed by atoms with Gasteiger partial charge in [-0.15, -0.1) is 0 Å². The monoisotopic (exact) mass is 989 g/mol. The van der Waals surface area contributed by atoms with Gasteiger partial charge >= 0.3 is 0 Å². The average Bonchev–Trinajstić information content (AvgIpc) is 4.35. The minimum atomic E-state index is -0.0176. The molecule has 77 heavy (non-hydrogen) atoms. The van der Waals surface area contributed by atoms with Gasteiger partial charge in [-0.1, -0.05) is 245 Å². The van der Waals surface area contributed by atoms with Crippen molar-refractivity contribution in [2.75, 3.05) is 16.5 Å². The first-order valence-electron chi connectivity index (χ1n) is 26.6. The second kappa shape index (κ2) is 18.6. The number of hydrogen-bond acceptors (Lipinski definition) is 3. The summed E-state index contributed by atoms with van der Waals surface area (Å²) < 4.78 is 4.81. The third-order valence-corrected chi connectivity index (χ3v) is 15.5. The highest BCUT2D eigenvalue weighted by Gasteiger charge is 2.33. The Hall–Kier alpha value is -9.71. The summed E-state index contributed by atoms with van der Waals surface area (Å²) in [6, 6.07) is 97.2. The molecule has 0 saturated carbocycles. The molecule has 13 aromatic rings. The zero-order valence-electron chi connectivity index (χ0n) is 43.3. The summed E-state index contributed by atoms with van der Waals surface area (Å²) >= 11 is 0. The van der Waals surface area contributed by atoms with Gasteiger partial charge < -0.3 is 9.80 Å². The van der Waals surface area contributed by atoms with Crippen molar-refractivity contribution < 1.29 is 0 Å². The SMILES string of the molecule is CC(C)(C)c1cccc(-c2cccc3c2nc(-n2c4ccccc4c4ccc(N5CN(c6c(-c7ccccc7)cccc6-c6ccccc6)c6cc(-c7ccccc7)ccc65)cc42)n3-c2ccccc2-c2ccccc2)c1. The summed E-state index contributed by atoms with van der Waals surface area (Å²) in [7, 11) is 0. The second-order valence-electron chi connectivity index (χ2n) is 21.2. The number of imidazole rings is 1. The lowest BCUT2D eigenvalue weighted by atomic mass is 9.85. The maximum absolute atomic E-state index is 5.87. The molecule has 3 heterocycles. The molecule has 0 fully saturated rings. The quantitative estimate of drug-likeness (QED) is 0.144. The van der Waals surface area contributed by atoms with Gasteiger partial charge in [0, 0.05) is 38.7 Å². The van der Waals surface area contributed by atoms with Gasteiger partial charge in [-0.25, -0.2) is 4.98 Å². The molecule has 0 N–H and O–H groups in total. The molecule has 0 amide bonds. The van der Waals surface area contributed by atoms with Gasteiger partial charge in [-0.05, 0) is 86.8 Å². The Labute approximate surface area is 449 Å². The minimum Gasteiger partial charge on any atom is -0.321 e. The van der Waals surface area contributed by atoms with Crippen LogP contribution in [0.15, 0.2) is 267 Å². The third-order valence-electron chi connectivity index (χ3n) is 15.5. The molecule has 368 valence electrons. The fraction of sp³-hybridized carbons (Fsp3) is 0.0694. The van der Waals surface area contributed by atoms with Gasteiger partial charge in [0.1, 0.15) is 6.67 Å². The summed E-state index contributed by atoms with van der Waals surface area (Å²) in [5.74, 6) is 0.825. The van der Waals surface area contributed by atoms with E-state index in [2.05, 4.69) is 307 Å². The molecule has 0 unspecified atom stereocenters. The highest BCUT2D eigenvalue weighted by atomic mass is 15.4. The zero-order chi connectivity index (χ0) is 51.6. The van der Waals surface area contributed by atoms with Crippen molar-refractivity contribution in [1.82, 2.24) is 14.1 Å². The number of anilines is 4. The predicted molar refractivity (Wildman–Crippen MR) is 323 cm³/mol. The molecular formula is C72H55N5. The van der Waals surface area contributed by atoms with Crippen LogP contribution in [-0.4, -0.2) is 20.8 Å². The predicted octanol–water partition coefficient (Wildman–Crippen LogP) is 19.0. The van der Waals surface area contributed by atoms with Crippen LogP contribution in [0.1, 0.15) is 26.3 Å². The Morgan fingerprint density at radius 2 is 0.883 bits per heavy atom. The lowest BCUT2D eigenvalue weighted by molar-refractivity contribution is 0.590. The van der Waals surface area contributed by atoms with Crippen LogP contribution >= 0.6 is 0 Å². The Balaban J connectivity index is 1.02. The van der Waals surface area contributed by atoms with Gasteiger partial charge in [0.05, 0.1) is 44.8 Å². The van der Waals surface area contributed by atoms with Crippen molar-refractivity contribution in [3.05, 3.63) is 272 Å². The fourth-order valence-corrected chi connectivity index (χ4v) is 11.8. The van der Waals surface area contributed by atoms with E-state index in [1.54, 1.807) is 0 Å². The van der Waals surface area contributed by atoms with Crippen molar-refractivity contribution in [2.45, 2.75) is 26.2 Å². The van der Waals surface area contributed by atoms with Crippen molar-refractivity contribution in [1.29, 1.82) is 0 Å². The summed E-state index contributed by atoms with van der Waals surface area (Å²) in [5.41, 5.74) is 22.6. The van der Waals surface area contributed by atoms with Crippen molar-refractivity contribution in [3.8, 4) is 67.3 Å². The van der Waals surface area contributed by atoms with E-state index < -0.39 is 0 Å². The number of aromatic nitrogens is 3. The smallest absolute Gasteiger partial charge is 0.220 e. The number of fused-ring (bicyclic) bond motifs is 5. The van der Waals surface area contributed by atoms with Crippen LogP contribution in [0.5, 0.6) is 0 Å². The molecule has 0 bridgehead atoms. The van der Waals surface area contributed by atoms with Crippen LogP contribution in [0.4, 0.5) is 22.7 Å². The summed E-state index contributed by atoms with van der Waals surface area (Å²) in [5, 5.41) is 2.33. The second-order valence-corrected chi connectivity index (χ2v) is 21.2. The van der Waals surface area contributed by atoms with Gasteiger partial charge in [0.15, 0.2) is 0 Å². The molecule has 2 aromatic heterocycles. The van der Waals surface area contributed by atoms with E-state index in [0.717, 1.165) is 78.4 Å². The standard InChI is InChI=1S/C72H55N5/c1-72(2,3)55-32-20-31-54(45-55)58-35-22-40-66-69(58)73-71(76(66)63-38-18-16-33-57(63)50-25-10-5-11-26-50)77-64-39-19-17-34-61(64)62-43-42-56(47-67(62)77)74-48-75(68-46-53(41-44-65(68)74)49-23-8-4-9-24-49)70-59(51-27-12-6-13-28-51)36-21-37-60(70)52-29-14-7-15-30-52/h4-47H,48H2,1-3H3. The minimum absolute atomic E-state index is 0.0176. The highest BCUT2D eigenvalue weighted by molar-refractivity contribution is 6.11. The van der Waals surface area contributed by atoms with Crippen LogP contribution in [0, 0.1) is 0 Å². The van der Waals surface area contributed by atoms with E-state index in [0.29, 0.717) is 6.67 Å². The number of para-hydroxylation sites is 4. The van der Waals surface area contributed by atoms with Crippen LogP contribution in [0.2, 0.25) is 0 Å². The van der Waals surface area contributed by atoms with Crippen molar-refractivity contribution in [3.63, 3.8) is 0 Å². The van der Waals surface area contributed by atoms with Crippen LogP contribution < -0.4 is 9.80 Å². The average molecular weight is 990 g/mol. The molecule has 5 nitrogen and oxygen atoms in total. The summed E-state index contributed by atoms with van der Waals surface area (Å²) in [6.07, 6.45) is 0. The topological polar surface area (TPSA) is 29.2 Å². The Bertz CT molecular complexity index is 4280. The number of benzene rings is 11. The summed E-state index contributed by atoms with van der Waals surface area (Å²) in [4.78, 5) is 10.9. The third kappa shape index (κ3) is 7.90.